The molecule has 168 valence electrons. The Kier molecular flexibility index (Phi) is 7.26. The van der Waals surface area contributed by atoms with Crippen LogP contribution in [-0.2, 0) is 11.2 Å². The molecule has 0 spiro atoms. The Morgan fingerprint density at radius 3 is 2.19 bits per heavy atom. The van der Waals surface area contributed by atoms with Crippen LogP contribution in [0.2, 0.25) is 0 Å². The summed E-state index contributed by atoms with van der Waals surface area (Å²) in [5.74, 6) is -0.961. The van der Waals surface area contributed by atoms with Crippen LogP contribution in [0.25, 0.3) is 22.5 Å². The van der Waals surface area contributed by atoms with Gasteiger partial charge in [0.05, 0.1) is 18.3 Å². The highest BCUT2D eigenvalue weighted by Gasteiger charge is 2.23. The van der Waals surface area contributed by atoms with E-state index in [-0.39, 0.29) is 23.1 Å². The first-order valence-electron chi connectivity index (χ1n) is 11.6. The van der Waals surface area contributed by atoms with Crippen molar-refractivity contribution < 1.29 is 13.5 Å². The van der Waals surface area contributed by atoms with Crippen molar-refractivity contribution in [3.05, 3.63) is 71.6 Å². The molecule has 1 saturated heterocycles. The molecule has 0 amide bonds. The van der Waals surface area contributed by atoms with Gasteiger partial charge in [0.2, 0.25) is 0 Å². The van der Waals surface area contributed by atoms with Crippen LogP contribution in [0.5, 0.6) is 0 Å². The summed E-state index contributed by atoms with van der Waals surface area (Å²) in [5.41, 5.74) is 3.00. The lowest BCUT2D eigenvalue weighted by atomic mass is 9.91. The van der Waals surface area contributed by atoms with Crippen LogP contribution >= 0.6 is 0 Å². The summed E-state index contributed by atoms with van der Waals surface area (Å²) < 4.78 is 35.9. The number of ether oxygens (including phenoxy) is 1. The van der Waals surface area contributed by atoms with E-state index < -0.39 is 11.6 Å². The second kappa shape index (κ2) is 10.3. The molecule has 2 aromatic carbocycles. The van der Waals surface area contributed by atoms with E-state index in [4.69, 9.17) is 4.74 Å². The van der Waals surface area contributed by atoms with Crippen LogP contribution in [0, 0.1) is 17.6 Å². The van der Waals surface area contributed by atoms with Gasteiger partial charge in [0.25, 0.3) is 0 Å². The highest BCUT2D eigenvalue weighted by Crippen LogP contribution is 2.34. The van der Waals surface area contributed by atoms with Gasteiger partial charge >= 0.3 is 0 Å². The second-order valence-electron chi connectivity index (χ2n) is 8.63. The van der Waals surface area contributed by atoms with Gasteiger partial charge in [-0.3, -0.25) is 0 Å². The van der Waals surface area contributed by atoms with E-state index in [9.17, 15) is 8.78 Å². The van der Waals surface area contributed by atoms with Gasteiger partial charge in [-0.15, -0.1) is 0 Å². The molecule has 0 aliphatic carbocycles. The molecule has 32 heavy (non-hydrogen) atoms. The fourth-order valence-electron chi connectivity index (χ4n) is 4.44. The average Bonchev–Trinajstić information content (AvgIpc) is 2.83. The lowest BCUT2D eigenvalue weighted by Gasteiger charge is -2.29. The summed E-state index contributed by atoms with van der Waals surface area (Å²) in [7, 11) is 0. The van der Waals surface area contributed by atoms with E-state index in [0.29, 0.717) is 11.5 Å². The Bertz CT molecular complexity index is 1030. The Morgan fingerprint density at radius 2 is 1.56 bits per heavy atom. The average molecular weight is 437 g/mol. The molecule has 3 nitrogen and oxygen atoms in total. The summed E-state index contributed by atoms with van der Waals surface area (Å²) in [6, 6.07) is 10.7. The van der Waals surface area contributed by atoms with Crippen molar-refractivity contribution in [2.45, 2.75) is 58.5 Å². The molecule has 2 unspecified atom stereocenters. The van der Waals surface area contributed by atoms with Crippen molar-refractivity contribution in [2.75, 3.05) is 6.61 Å². The monoisotopic (exact) mass is 436 g/mol. The Balaban J connectivity index is 1.51. The fourth-order valence-corrected chi connectivity index (χ4v) is 4.44. The molecule has 1 aliphatic rings. The molecule has 0 saturated carbocycles. The van der Waals surface area contributed by atoms with Crippen molar-refractivity contribution >= 4 is 0 Å². The van der Waals surface area contributed by atoms with Gasteiger partial charge in [0, 0.05) is 18.0 Å². The molecule has 1 aromatic heterocycles. The molecule has 4 rings (SSSR count). The Labute approximate surface area is 188 Å². The van der Waals surface area contributed by atoms with Crippen molar-refractivity contribution in [2.24, 2.45) is 5.92 Å². The van der Waals surface area contributed by atoms with E-state index >= 15 is 0 Å². The molecule has 5 heteroatoms. The molecule has 1 aliphatic heterocycles. The van der Waals surface area contributed by atoms with Crippen molar-refractivity contribution in [1.82, 2.24) is 9.97 Å². The first-order valence-corrected chi connectivity index (χ1v) is 11.6. The van der Waals surface area contributed by atoms with Crippen LogP contribution in [-0.4, -0.2) is 16.6 Å². The van der Waals surface area contributed by atoms with Crippen LogP contribution < -0.4 is 0 Å². The highest BCUT2D eigenvalue weighted by atomic mass is 19.2. The zero-order valence-corrected chi connectivity index (χ0v) is 18.8. The molecular formula is C27H30F2N2O. The van der Waals surface area contributed by atoms with Gasteiger partial charge in [0.15, 0.2) is 17.5 Å². The van der Waals surface area contributed by atoms with Gasteiger partial charge in [-0.1, -0.05) is 57.0 Å². The van der Waals surface area contributed by atoms with Gasteiger partial charge in [-0.05, 0) is 54.4 Å². The SMILES string of the molecule is CCCc1cnc(-c2ccc(-c3ccc(C4CCC(CCC)CO4)cc3)c(F)c2F)nc1. The summed E-state index contributed by atoms with van der Waals surface area (Å²) in [6.07, 6.45) is 9.82. The number of aromatic nitrogens is 2. The predicted octanol–water partition coefficient (Wildman–Crippen LogP) is 7.31. The van der Waals surface area contributed by atoms with Crippen molar-refractivity contribution in [3.8, 4) is 22.5 Å². The molecule has 0 N–H and O–H groups in total. The number of benzene rings is 2. The lowest BCUT2D eigenvalue weighted by molar-refractivity contribution is -0.0194. The van der Waals surface area contributed by atoms with Crippen LogP contribution in [0.4, 0.5) is 8.78 Å². The third kappa shape index (κ3) is 4.88. The smallest absolute Gasteiger partial charge is 0.170 e. The number of nitrogens with zero attached hydrogens (tertiary/aromatic N) is 2. The van der Waals surface area contributed by atoms with Crippen LogP contribution in [0.3, 0.4) is 0 Å². The zero-order chi connectivity index (χ0) is 22.5. The van der Waals surface area contributed by atoms with Crippen molar-refractivity contribution in [3.63, 3.8) is 0 Å². The number of aryl methyl sites for hydroxylation is 1. The Hall–Kier alpha value is -2.66. The normalized spacial score (nSPS) is 18.6. The summed E-state index contributed by atoms with van der Waals surface area (Å²) in [6.45, 7) is 5.07. The maximum atomic E-state index is 14.9. The fraction of sp³-hybridized carbons (Fsp3) is 0.407. The molecule has 2 atom stereocenters. The van der Waals surface area contributed by atoms with Gasteiger partial charge < -0.3 is 4.74 Å². The minimum atomic E-state index is -0.924. The standard InChI is InChI=1S/C27H30F2N2O/c1-3-5-18-7-14-24(32-17-18)21-10-8-20(9-11-21)22-12-13-23(26(29)25(22)28)27-30-15-19(6-4-2)16-31-27/h8-13,15-16,18,24H,3-7,14,17H2,1-2H3. The van der Waals surface area contributed by atoms with E-state index in [1.807, 2.05) is 24.3 Å². The van der Waals surface area contributed by atoms with Gasteiger partial charge in [-0.25, -0.2) is 18.7 Å². The zero-order valence-electron chi connectivity index (χ0n) is 18.8. The third-order valence-electron chi connectivity index (χ3n) is 6.23. The van der Waals surface area contributed by atoms with E-state index in [1.54, 1.807) is 24.5 Å². The third-order valence-corrected chi connectivity index (χ3v) is 6.23. The van der Waals surface area contributed by atoms with Gasteiger partial charge in [-0.2, -0.15) is 0 Å². The number of hydrogen-bond acceptors (Lipinski definition) is 3. The van der Waals surface area contributed by atoms with Crippen molar-refractivity contribution in [1.29, 1.82) is 0 Å². The van der Waals surface area contributed by atoms with E-state index in [0.717, 1.165) is 37.0 Å². The van der Waals surface area contributed by atoms with E-state index in [2.05, 4.69) is 23.8 Å². The summed E-state index contributed by atoms with van der Waals surface area (Å²) in [4.78, 5) is 8.44. The molecule has 2 heterocycles. The molecule has 3 aromatic rings. The topological polar surface area (TPSA) is 35.0 Å². The maximum Gasteiger partial charge on any atom is 0.170 e. The maximum absolute atomic E-state index is 14.9. The molecule has 1 fully saturated rings. The second-order valence-corrected chi connectivity index (χ2v) is 8.63. The Morgan fingerprint density at radius 1 is 0.875 bits per heavy atom. The summed E-state index contributed by atoms with van der Waals surface area (Å²) in [5, 5.41) is 0. The minimum Gasteiger partial charge on any atom is -0.373 e. The first kappa shape index (κ1) is 22.5. The number of halogens is 2. The summed E-state index contributed by atoms with van der Waals surface area (Å²) >= 11 is 0. The highest BCUT2D eigenvalue weighted by molar-refractivity contribution is 5.69. The predicted molar refractivity (Wildman–Crippen MR) is 123 cm³/mol. The first-order chi connectivity index (χ1) is 15.6. The van der Waals surface area contributed by atoms with E-state index in [1.165, 1.54) is 19.3 Å². The van der Waals surface area contributed by atoms with Crippen LogP contribution in [0.1, 0.15) is 63.2 Å². The largest absolute Gasteiger partial charge is 0.373 e. The van der Waals surface area contributed by atoms with Gasteiger partial charge in [0.1, 0.15) is 0 Å². The molecule has 0 radical (unpaired) electrons. The number of rotatable bonds is 7. The quantitative estimate of drug-likeness (QED) is 0.389. The van der Waals surface area contributed by atoms with Crippen LogP contribution in [0.15, 0.2) is 48.8 Å². The molecular weight excluding hydrogens is 406 g/mol. The molecule has 0 bridgehead atoms. The number of hydrogen-bond donors (Lipinski definition) is 0. The lowest BCUT2D eigenvalue weighted by Crippen LogP contribution is -2.20. The minimum absolute atomic E-state index is 0.0724.